The molecule has 3 aliphatic rings. The van der Waals surface area contributed by atoms with E-state index in [4.69, 9.17) is 0 Å². The molecule has 0 radical (unpaired) electrons. The summed E-state index contributed by atoms with van der Waals surface area (Å²) in [5.41, 5.74) is 1.92. The van der Waals surface area contributed by atoms with Gasteiger partial charge in [0.05, 0.1) is 0 Å². The number of nitrogens with zero attached hydrogens (tertiary/aromatic N) is 1. The third-order valence-electron chi connectivity index (χ3n) is 6.09. The highest BCUT2D eigenvalue weighted by Crippen LogP contribution is 2.43. The van der Waals surface area contributed by atoms with E-state index in [0.717, 1.165) is 18.5 Å². The van der Waals surface area contributed by atoms with Crippen LogP contribution in [0.5, 0.6) is 0 Å². The summed E-state index contributed by atoms with van der Waals surface area (Å²) >= 11 is 0. The van der Waals surface area contributed by atoms with Crippen molar-refractivity contribution >= 4 is 0 Å². The summed E-state index contributed by atoms with van der Waals surface area (Å²) in [5.74, 6) is 0.953. The highest BCUT2D eigenvalue weighted by Gasteiger charge is 2.45. The van der Waals surface area contributed by atoms with E-state index in [1.165, 1.54) is 50.6 Å². The maximum Gasteiger partial charge on any atom is 0.0478 e. The van der Waals surface area contributed by atoms with Gasteiger partial charge in [-0.3, -0.25) is 4.90 Å². The summed E-state index contributed by atoms with van der Waals surface area (Å²) in [6.07, 6.45) is 8.48. The molecular formula is C19H28N2. The smallest absolute Gasteiger partial charge is 0.0478 e. The Morgan fingerprint density at radius 1 is 1.10 bits per heavy atom. The van der Waals surface area contributed by atoms with Gasteiger partial charge in [-0.2, -0.15) is 0 Å². The minimum absolute atomic E-state index is 0.426. The zero-order valence-corrected chi connectivity index (χ0v) is 13.2. The van der Waals surface area contributed by atoms with Crippen LogP contribution in [0.3, 0.4) is 0 Å². The molecule has 0 bridgehead atoms. The van der Waals surface area contributed by atoms with Crippen molar-refractivity contribution in [2.75, 3.05) is 13.1 Å². The van der Waals surface area contributed by atoms with E-state index >= 15 is 0 Å². The van der Waals surface area contributed by atoms with Crippen LogP contribution in [-0.4, -0.2) is 29.6 Å². The molecule has 21 heavy (non-hydrogen) atoms. The van der Waals surface area contributed by atoms with Gasteiger partial charge in [0.15, 0.2) is 0 Å². The molecule has 4 rings (SSSR count). The molecule has 0 aromatic heterocycles. The van der Waals surface area contributed by atoms with Crippen LogP contribution >= 0.6 is 0 Å². The molecule has 1 N–H and O–H groups in total. The molecule has 2 saturated carbocycles. The molecule has 2 nitrogen and oxygen atoms in total. The summed E-state index contributed by atoms with van der Waals surface area (Å²) < 4.78 is 0. The van der Waals surface area contributed by atoms with Crippen molar-refractivity contribution in [3.8, 4) is 0 Å². The van der Waals surface area contributed by atoms with Crippen molar-refractivity contribution < 1.29 is 0 Å². The molecule has 1 aromatic carbocycles. The molecule has 2 atom stereocenters. The minimum atomic E-state index is 0.426. The fraction of sp³-hybridized carbons (Fsp3) is 0.684. The normalized spacial score (nSPS) is 33.2. The van der Waals surface area contributed by atoms with Crippen molar-refractivity contribution in [3.05, 3.63) is 35.9 Å². The fourth-order valence-corrected chi connectivity index (χ4v) is 4.58. The van der Waals surface area contributed by atoms with Crippen molar-refractivity contribution in [2.45, 2.75) is 63.1 Å². The molecular weight excluding hydrogens is 256 g/mol. The van der Waals surface area contributed by atoms with Crippen molar-refractivity contribution in [3.63, 3.8) is 0 Å². The van der Waals surface area contributed by atoms with Gasteiger partial charge in [0.1, 0.15) is 0 Å². The highest BCUT2D eigenvalue weighted by atomic mass is 15.3. The molecule has 2 aliphatic carbocycles. The number of rotatable bonds is 3. The third-order valence-corrected chi connectivity index (χ3v) is 6.09. The maximum atomic E-state index is 3.86. The molecule has 1 aromatic rings. The minimum Gasteiger partial charge on any atom is -0.311 e. The van der Waals surface area contributed by atoms with Crippen molar-refractivity contribution in [1.29, 1.82) is 0 Å². The second-order valence-electron chi connectivity index (χ2n) is 7.64. The van der Waals surface area contributed by atoms with E-state index in [2.05, 4.69) is 47.5 Å². The lowest BCUT2D eigenvalue weighted by Gasteiger charge is -2.49. The molecule has 0 amide bonds. The first-order valence-electron chi connectivity index (χ1n) is 8.81. The van der Waals surface area contributed by atoms with Crippen LogP contribution < -0.4 is 5.32 Å². The molecule has 1 heterocycles. The topological polar surface area (TPSA) is 15.3 Å². The van der Waals surface area contributed by atoms with E-state index in [0.29, 0.717) is 11.6 Å². The molecule has 1 aliphatic heterocycles. The van der Waals surface area contributed by atoms with E-state index < -0.39 is 0 Å². The first-order valence-corrected chi connectivity index (χ1v) is 8.81. The Bertz CT molecular complexity index is 474. The molecule has 0 spiro atoms. The lowest BCUT2D eigenvalue weighted by atomic mass is 9.89. The average molecular weight is 284 g/mol. The first kappa shape index (κ1) is 13.8. The Morgan fingerprint density at radius 3 is 2.48 bits per heavy atom. The summed E-state index contributed by atoms with van der Waals surface area (Å²) in [4.78, 5) is 2.87. The largest absolute Gasteiger partial charge is 0.311 e. The van der Waals surface area contributed by atoms with Gasteiger partial charge in [0, 0.05) is 30.7 Å². The van der Waals surface area contributed by atoms with E-state index in [9.17, 15) is 0 Å². The van der Waals surface area contributed by atoms with Gasteiger partial charge in [-0.15, -0.1) is 0 Å². The van der Waals surface area contributed by atoms with Gasteiger partial charge in [-0.05, 0) is 44.1 Å². The maximum absolute atomic E-state index is 3.86. The van der Waals surface area contributed by atoms with Crippen LogP contribution in [0.25, 0.3) is 0 Å². The predicted octanol–water partition coefficient (Wildman–Crippen LogP) is 3.74. The quantitative estimate of drug-likeness (QED) is 0.909. The SMILES string of the molecule is CC1(N2CC(C3CC3)NCC2c2ccccc2)CCCC1. The van der Waals surface area contributed by atoms with Crippen LogP contribution in [0.2, 0.25) is 0 Å². The number of benzene rings is 1. The highest BCUT2D eigenvalue weighted by molar-refractivity contribution is 5.22. The zero-order chi connectivity index (χ0) is 14.3. The second-order valence-corrected chi connectivity index (χ2v) is 7.64. The van der Waals surface area contributed by atoms with Gasteiger partial charge >= 0.3 is 0 Å². The molecule has 2 unspecified atom stereocenters. The van der Waals surface area contributed by atoms with Gasteiger partial charge in [-0.25, -0.2) is 0 Å². The van der Waals surface area contributed by atoms with Crippen LogP contribution in [0, 0.1) is 5.92 Å². The van der Waals surface area contributed by atoms with Crippen molar-refractivity contribution in [1.82, 2.24) is 10.2 Å². The Hall–Kier alpha value is -0.860. The number of hydrogen-bond acceptors (Lipinski definition) is 2. The number of nitrogens with one attached hydrogen (secondary N) is 1. The first-order chi connectivity index (χ1) is 10.3. The van der Waals surface area contributed by atoms with Crippen LogP contribution in [0.4, 0.5) is 0 Å². The zero-order valence-electron chi connectivity index (χ0n) is 13.2. The summed E-state index contributed by atoms with van der Waals surface area (Å²) in [5, 5.41) is 3.86. The summed E-state index contributed by atoms with van der Waals surface area (Å²) in [6.45, 7) is 4.90. The van der Waals surface area contributed by atoms with Crippen LogP contribution in [-0.2, 0) is 0 Å². The predicted molar refractivity (Wildman–Crippen MR) is 87.3 cm³/mol. The summed E-state index contributed by atoms with van der Waals surface area (Å²) in [6, 6.07) is 12.4. The number of hydrogen-bond donors (Lipinski definition) is 1. The molecule has 2 heteroatoms. The van der Waals surface area contributed by atoms with Gasteiger partial charge < -0.3 is 5.32 Å². The Labute approximate surface area is 128 Å². The van der Waals surface area contributed by atoms with E-state index in [1.54, 1.807) is 0 Å². The Morgan fingerprint density at radius 2 is 1.81 bits per heavy atom. The molecule has 114 valence electrons. The third kappa shape index (κ3) is 2.64. The second kappa shape index (κ2) is 5.40. The van der Waals surface area contributed by atoms with Crippen LogP contribution in [0.15, 0.2) is 30.3 Å². The average Bonchev–Trinajstić information content (AvgIpc) is 3.29. The number of piperazine rings is 1. The van der Waals surface area contributed by atoms with Gasteiger partial charge in [0.25, 0.3) is 0 Å². The van der Waals surface area contributed by atoms with E-state index in [-0.39, 0.29) is 0 Å². The van der Waals surface area contributed by atoms with Crippen LogP contribution in [0.1, 0.15) is 57.1 Å². The van der Waals surface area contributed by atoms with E-state index in [1.807, 2.05) is 0 Å². The van der Waals surface area contributed by atoms with Gasteiger partial charge in [-0.1, -0.05) is 43.2 Å². The standard InChI is InChI=1S/C19H28N2/c1-19(11-5-6-12-19)21-14-17(15-9-10-15)20-13-18(21)16-7-3-2-4-8-16/h2-4,7-8,15,17-18,20H,5-6,9-14H2,1H3. The summed E-state index contributed by atoms with van der Waals surface area (Å²) in [7, 11) is 0. The lowest BCUT2D eigenvalue weighted by Crippen LogP contribution is -2.59. The molecule has 1 saturated heterocycles. The lowest BCUT2D eigenvalue weighted by molar-refractivity contribution is 0.0184. The van der Waals surface area contributed by atoms with Crippen molar-refractivity contribution in [2.24, 2.45) is 5.92 Å². The Balaban J connectivity index is 1.61. The fourth-order valence-electron chi connectivity index (χ4n) is 4.58. The monoisotopic (exact) mass is 284 g/mol. The molecule has 3 fully saturated rings. The Kier molecular flexibility index (Phi) is 3.55. The van der Waals surface area contributed by atoms with Gasteiger partial charge in [0.2, 0.25) is 0 Å².